The zero-order valence-electron chi connectivity index (χ0n) is 20.1. The number of carbonyl (C=O) groups excluding carboxylic acids is 3. The van der Waals surface area contributed by atoms with E-state index >= 15 is 0 Å². The van der Waals surface area contributed by atoms with Crippen LogP contribution in [-0.4, -0.2) is 60.0 Å². The molecule has 1 saturated heterocycles. The normalized spacial score (nSPS) is 15.7. The zero-order chi connectivity index (χ0) is 25.1. The van der Waals surface area contributed by atoms with Gasteiger partial charge in [0.15, 0.2) is 0 Å². The van der Waals surface area contributed by atoms with Gasteiger partial charge in [0.25, 0.3) is 0 Å². The molecule has 2 N–H and O–H groups in total. The fourth-order valence-electron chi connectivity index (χ4n) is 3.78. The minimum absolute atomic E-state index is 0.170. The van der Waals surface area contributed by atoms with Gasteiger partial charge < -0.3 is 20.3 Å². The SMILES string of the molecule is C=C.COCCC(=O)NC(C)C(=O)N1CCCC1C(=O)NCc1ccc(-c2scnc2C)cc1. The summed E-state index contributed by atoms with van der Waals surface area (Å²) in [6.07, 6.45) is 1.57. The maximum Gasteiger partial charge on any atom is 0.245 e. The van der Waals surface area contributed by atoms with Gasteiger partial charge in [-0.1, -0.05) is 24.3 Å². The van der Waals surface area contributed by atoms with E-state index in [4.69, 9.17) is 4.74 Å². The Kier molecular flexibility index (Phi) is 10.9. The van der Waals surface area contributed by atoms with Crippen LogP contribution in [-0.2, 0) is 25.7 Å². The van der Waals surface area contributed by atoms with E-state index in [1.54, 1.807) is 23.2 Å². The quantitative estimate of drug-likeness (QED) is 0.531. The molecule has 1 aliphatic heterocycles. The summed E-state index contributed by atoms with van der Waals surface area (Å²) in [6, 6.07) is 6.84. The highest BCUT2D eigenvalue weighted by atomic mass is 32.1. The van der Waals surface area contributed by atoms with Crippen molar-refractivity contribution in [2.45, 2.75) is 51.7 Å². The highest BCUT2D eigenvalue weighted by Crippen LogP contribution is 2.27. The van der Waals surface area contributed by atoms with Gasteiger partial charge >= 0.3 is 0 Å². The van der Waals surface area contributed by atoms with Crippen LogP contribution in [0, 0.1) is 6.92 Å². The predicted octanol–water partition coefficient (Wildman–Crippen LogP) is 3.07. The Labute approximate surface area is 205 Å². The molecule has 0 saturated carbocycles. The predicted molar refractivity (Wildman–Crippen MR) is 134 cm³/mol. The van der Waals surface area contributed by atoms with E-state index in [2.05, 4.69) is 28.8 Å². The van der Waals surface area contributed by atoms with Gasteiger partial charge in [-0.2, -0.15) is 0 Å². The summed E-state index contributed by atoms with van der Waals surface area (Å²) < 4.78 is 4.89. The molecule has 1 aromatic heterocycles. The number of likely N-dealkylation sites (tertiary alicyclic amines) is 1. The van der Waals surface area contributed by atoms with E-state index in [1.165, 1.54) is 7.11 Å². The first-order valence-corrected chi connectivity index (χ1v) is 12.1. The summed E-state index contributed by atoms with van der Waals surface area (Å²) in [5.41, 5.74) is 4.93. The third-order valence-electron chi connectivity index (χ3n) is 5.55. The van der Waals surface area contributed by atoms with Gasteiger partial charge in [0, 0.05) is 26.6 Å². The van der Waals surface area contributed by atoms with Crippen LogP contribution in [0.15, 0.2) is 42.9 Å². The van der Waals surface area contributed by atoms with Crippen LogP contribution in [0.3, 0.4) is 0 Å². The number of rotatable bonds is 9. The summed E-state index contributed by atoms with van der Waals surface area (Å²) in [5, 5.41) is 5.64. The molecule has 2 atom stereocenters. The number of benzene rings is 1. The summed E-state index contributed by atoms with van der Waals surface area (Å²) in [6.45, 7) is 10.8. The molecular formula is C25H34N4O4S. The van der Waals surface area contributed by atoms with E-state index < -0.39 is 12.1 Å². The third kappa shape index (κ3) is 7.23. The second-order valence-electron chi connectivity index (χ2n) is 7.90. The Morgan fingerprint density at radius 3 is 2.59 bits per heavy atom. The first kappa shape index (κ1) is 27.2. The molecule has 2 unspecified atom stereocenters. The summed E-state index contributed by atoms with van der Waals surface area (Å²) in [5.74, 6) is -0.654. The standard InChI is InChI=1S/C23H30N4O4S.C2H4/c1-15-21(32-14-25-15)18-8-6-17(7-9-18)13-24-22(29)19-5-4-11-27(19)23(30)16(2)26-20(28)10-12-31-3;1-2/h6-9,14,16,19H,4-5,10-13H2,1-3H3,(H,24,29)(H,26,28);1-2H2. The number of nitrogens with zero attached hydrogens (tertiary/aromatic N) is 2. The molecule has 3 amide bonds. The van der Waals surface area contributed by atoms with Crippen LogP contribution < -0.4 is 10.6 Å². The number of thiazole rings is 1. The average molecular weight is 487 g/mol. The smallest absolute Gasteiger partial charge is 0.245 e. The van der Waals surface area contributed by atoms with Crippen molar-refractivity contribution in [3.8, 4) is 10.4 Å². The van der Waals surface area contributed by atoms with Gasteiger partial charge in [0.05, 0.1) is 22.7 Å². The van der Waals surface area contributed by atoms with Crippen LogP contribution in [0.25, 0.3) is 10.4 Å². The molecule has 2 heterocycles. The van der Waals surface area contributed by atoms with Crippen molar-refractivity contribution in [1.82, 2.24) is 20.5 Å². The molecule has 3 rings (SSSR count). The molecule has 1 fully saturated rings. The molecule has 1 aliphatic rings. The highest BCUT2D eigenvalue weighted by Gasteiger charge is 2.36. The van der Waals surface area contributed by atoms with Crippen LogP contribution in [0.2, 0.25) is 0 Å². The second kappa shape index (κ2) is 13.6. The van der Waals surface area contributed by atoms with Crippen molar-refractivity contribution in [3.05, 3.63) is 54.2 Å². The molecule has 2 aromatic rings. The molecule has 0 spiro atoms. The van der Waals surface area contributed by atoms with E-state index in [0.717, 1.165) is 28.1 Å². The monoisotopic (exact) mass is 486 g/mol. The van der Waals surface area contributed by atoms with Gasteiger partial charge in [0.2, 0.25) is 17.7 Å². The molecule has 0 radical (unpaired) electrons. The number of amides is 3. The van der Waals surface area contributed by atoms with Gasteiger partial charge in [-0.15, -0.1) is 24.5 Å². The molecule has 8 nitrogen and oxygen atoms in total. The Balaban J connectivity index is 0.00000199. The summed E-state index contributed by atoms with van der Waals surface area (Å²) in [7, 11) is 1.52. The van der Waals surface area contributed by atoms with Crippen LogP contribution >= 0.6 is 11.3 Å². The van der Waals surface area contributed by atoms with Crippen molar-refractivity contribution in [1.29, 1.82) is 0 Å². The van der Waals surface area contributed by atoms with Crippen molar-refractivity contribution < 1.29 is 19.1 Å². The molecule has 9 heteroatoms. The number of hydrogen-bond donors (Lipinski definition) is 2. The van der Waals surface area contributed by atoms with E-state index in [-0.39, 0.29) is 24.1 Å². The van der Waals surface area contributed by atoms with E-state index in [1.807, 2.05) is 36.7 Å². The number of carbonyl (C=O) groups is 3. The lowest BCUT2D eigenvalue weighted by Crippen LogP contribution is -2.52. The Morgan fingerprint density at radius 2 is 1.97 bits per heavy atom. The number of aromatic nitrogens is 1. The lowest BCUT2D eigenvalue weighted by atomic mass is 10.1. The fraction of sp³-hybridized carbons (Fsp3) is 0.440. The summed E-state index contributed by atoms with van der Waals surface area (Å²) in [4.78, 5) is 44.5. The Bertz CT molecular complexity index is 960. The van der Waals surface area contributed by atoms with Crippen LogP contribution in [0.4, 0.5) is 0 Å². The van der Waals surface area contributed by atoms with Crippen molar-refractivity contribution in [2.24, 2.45) is 0 Å². The number of ether oxygens (including phenoxy) is 1. The largest absolute Gasteiger partial charge is 0.384 e. The Hall–Kier alpha value is -3.04. The first-order chi connectivity index (χ1) is 16.4. The van der Waals surface area contributed by atoms with E-state index in [0.29, 0.717) is 26.1 Å². The zero-order valence-corrected chi connectivity index (χ0v) is 21.0. The fourth-order valence-corrected chi connectivity index (χ4v) is 4.59. The minimum atomic E-state index is -0.685. The minimum Gasteiger partial charge on any atom is -0.384 e. The number of methoxy groups -OCH3 is 1. The highest BCUT2D eigenvalue weighted by molar-refractivity contribution is 7.13. The van der Waals surface area contributed by atoms with Crippen LogP contribution in [0.5, 0.6) is 0 Å². The Morgan fingerprint density at radius 1 is 1.26 bits per heavy atom. The van der Waals surface area contributed by atoms with Gasteiger partial charge in [0.1, 0.15) is 12.1 Å². The lowest BCUT2D eigenvalue weighted by Gasteiger charge is -2.27. The molecule has 1 aromatic carbocycles. The average Bonchev–Trinajstić information content (AvgIpc) is 3.51. The molecular weight excluding hydrogens is 452 g/mol. The number of aryl methyl sites for hydroxylation is 1. The molecule has 0 bridgehead atoms. The van der Waals surface area contributed by atoms with Crippen molar-refractivity contribution >= 4 is 29.1 Å². The molecule has 34 heavy (non-hydrogen) atoms. The number of nitrogens with one attached hydrogen (secondary N) is 2. The van der Waals surface area contributed by atoms with Crippen LogP contribution in [0.1, 0.15) is 37.4 Å². The second-order valence-corrected chi connectivity index (χ2v) is 8.76. The molecule has 184 valence electrons. The maximum atomic E-state index is 12.8. The third-order valence-corrected chi connectivity index (χ3v) is 6.53. The maximum absolute atomic E-state index is 12.8. The van der Waals surface area contributed by atoms with Gasteiger partial charge in [-0.25, -0.2) is 4.98 Å². The topological polar surface area (TPSA) is 101 Å². The number of hydrogen-bond acceptors (Lipinski definition) is 6. The van der Waals surface area contributed by atoms with Gasteiger partial charge in [-0.05, 0) is 37.8 Å². The van der Waals surface area contributed by atoms with Gasteiger partial charge in [-0.3, -0.25) is 14.4 Å². The van der Waals surface area contributed by atoms with Crippen molar-refractivity contribution in [3.63, 3.8) is 0 Å². The first-order valence-electron chi connectivity index (χ1n) is 11.3. The van der Waals surface area contributed by atoms with Crippen molar-refractivity contribution in [2.75, 3.05) is 20.3 Å². The lowest BCUT2D eigenvalue weighted by molar-refractivity contribution is -0.141. The summed E-state index contributed by atoms with van der Waals surface area (Å²) >= 11 is 1.61. The van der Waals surface area contributed by atoms with E-state index in [9.17, 15) is 14.4 Å². The molecule has 0 aliphatic carbocycles.